The molecule has 2 rings (SSSR count). The third-order valence-electron chi connectivity index (χ3n) is 3.10. The zero-order valence-corrected chi connectivity index (χ0v) is 12.1. The van der Waals surface area contributed by atoms with E-state index in [9.17, 15) is 4.39 Å². The standard InChI is InChI=1S/C15H19FN2S/c1-3-17-9-12(8-13-10-18-11(2)19-13)14-6-4-5-7-15(14)16/h4-7,10,12,17H,3,8-9H2,1-2H3. The van der Waals surface area contributed by atoms with Gasteiger partial charge in [0.2, 0.25) is 0 Å². The summed E-state index contributed by atoms with van der Waals surface area (Å²) in [5.74, 6) is 0.0349. The number of nitrogens with one attached hydrogen (secondary N) is 1. The van der Waals surface area contributed by atoms with Crippen molar-refractivity contribution in [2.75, 3.05) is 13.1 Å². The summed E-state index contributed by atoms with van der Waals surface area (Å²) in [5, 5.41) is 4.38. The molecule has 1 heterocycles. The van der Waals surface area contributed by atoms with Crippen molar-refractivity contribution in [1.29, 1.82) is 0 Å². The first-order chi connectivity index (χ1) is 9.20. The highest BCUT2D eigenvalue weighted by Crippen LogP contribution is 2.25. The van der Waals surface area contributed by atoms with Crippen molar-refractivity contribution in [3.63, 3.8) is 0 Å². The van der Waals surface area contributed by atoms with Gasteiger partial charge in [0.1, 0.15) is 5.82 Å². The summed E-state index contributed by atoms with van der Waals surface area (Å²) >= 11 is 1.69. The molecule has 0 radical (unpaired) electrons. The first-order valence-electron chi connectivity index (χ1n) is 6.57. The molecule has 1 atom stereocenters. The topological polar surface area (TPSA) is 24.9 Å². The molecule has 102 valence electrons. The summed E-state index contributed by atoms with van der Waals surface area (Å²) in [6.07, 6.45) is 2.74. The number of likely N-dealkylation sites (N-methyl/N-ethyl adjacent to an activating group) is 1. The van der Waals surface area contributed by atoms with Gasteiger partial charge >= 0.3 is 0 Å². The molecular formula is C15H19FN2S. The van der Waals surface area contributed by atoms with E-state index in [4.69, 9.17) is 0 Å². The Bertz CT molecular complexity index is 524. The lowest BCUT2D eigenvalue weighted by molar-refractivity contribution is 0.546. The minimum absolute atomic E-state index is 0.119. The number of thiazole rings is 1. The number of aromatic nitrogens is 1. The second kappa shape index (κ2) is 6.78. The van der Waals surface area contributed by atoms with Crippen molar-refractivity contribution in [3.05, 3.63) is 51.7 Å². The fourth-order valence-electron chi connectivity index (χ4n) is 2.16. The number of hydrogen-bond acceptors (Lipinski definition) is 3. The highest BCUT2D eigenvalue weighted by molar-refractivity contribution is 7.11. The third-order valence-corrected chi connectivity index (χ3v) is 4.04. The first kappa shape index (κ1) is 14.2. The molecule has 0 saturated heterocycles. The predicted octanol–water partition coefficient (Wildman–Crippen LogP) is 3.53. The van der Waals surface area contributed by atoms with Crippen LogP contribution in [0.2, 0.25) is 0 Å². The summed E-state index contributed by atoms with van der Waals surface area (Å²) in [7, 11) is 0. The molecule has 4 heteroatoms. The van der Waals surface area contributed by atoms with Crippen molar-refractivity contribution < 1.29 is 4.39 Å². The number of benzene rings is 1. The van der Waals surface area contributed by atoms with E-state index in [2.05, 4.69) is 17.2 Å². The van der Waals surface area contributed by atoms with Crippen LogP contribution in [0.1, 0.15) is 28.3 Å². The first-order valence-corrected chi connectivity index (χ1v) is 7.38. The largest absolute Gasteiger partial charge is 0.316 e. The van der Waals surface area contributed by atoms with Crippen molar-refractivity contribution >= 4 is 11.3 Å². The van der Waals surface area contributed by atoms with Gasteiger partial charge in [-0.1, -0.05) is 25.1 Å². The molecule has 0 saturated carbocycles. The molecule has 1 aromatic heterocycles. The molecule has 0 bridgehead atoms. The van der Waals surface area contributed by atoms with E-state index in [-0.39, 0.29) is 11.7 Å². The van der Waals surface area contributed by atoms with Crippen LogP contribution in [0.3, 0.4) is 0 Å². The van der Waals surface area contributed by atoms with Crippen LogP contribution in [0.15, 0.2) is 30.5 Å². The van der Waals surface area contributed by atoms with Crippen LogP contribution in [-0.4, -0.2) is 18.1 Å². The van der Waals surface area contributed by atoms with Crippen LogP contribution in [0.25, 0.3) is 0 Å². The quantitative estimate of drug-likeness (QED) is 0.874. The summed E-state index contributed by atoms with van der Waals surface area (Å²) in [4.78, 5) is 5.48. The van der Waals surface area contributed by atoms with Gasteiger partial charge in [0.05, 0.1) is 5.01 Å². The Morgan fingerprint density at radius 2 is 2.16 bits per heavy atom. The van der Waals surface area contributed by atoms with E-state index in [1.165, 1.54) is 10.9 Å². The molecule has 1 unspecified atom stereocenters. The van der Waals surface area contributed by atoms with Gasteiger partial charge in [-0.15, -0.1) is 11.3 Å². The van der Waals surface area contributed by atoms with Crippen molar-refractivity contribution in [2.45, 2.75) is 26.2 Å². The zero-order chi connectivity index (χ0) is 13.7. The van der Waals surface area contributed by atoms with Crippen molar-refractivity contribution in [3.8, 4) is 0 Å². The SMILES string of the molecule is CCNCC(Cc1cnc(C)s1)c1ccccc1F. The summed E-state index contributed by atoms with van der Waals surface area (Å²) in [6.45, 7) is 5.74. The number of hydrogen-bond donors (Lipinski definition) is 1. The average molecular weight is 278 g/mol. The Morgan fingerprint density at radius 3 is 2.79 bits per heavy atom. The molecular weight excluding hydrogens is 259 g/mol. The van der Waals surface area contributed by atoms with Gasteiger partial charge in [-0.05, 0) is 31.5 Å². The van der Waals surface area contributed by atoms with E-state index >= 15 is 0 Å². The third kappa shape index (κ3) is 3.85. The summed E-state index contributed by atoms with van der Waals surface area (Å²) in [6, 6.07) is 7.05. The molecule has 0 aliphatic rings. The number of nitrogens with zero attached hydrogens (tertiary/aromatic N) is 1. The summed E-state index contributed by atoms with van der Waals surface area (Å²) in [5.41, 5.74) is 0.787. The minimum Gasteiger partial charge on any atom is -0.316 e. The highest BCUT2D eigenvalue weighted by Gasteiger charge is 2.16. The second-order valence-corrected chi connectivity index (χ2v) is 5.90. The lowest BCUT2D eigenvalue weighted by atomic mass is 9.94. The highest BCUT2D eigenvalue weighted by atomic mass is 32.1. The maximum atomic E-state index is 13.9. The number of halogens is 1. The lowest BCUT2D eigenvalue weighted by Crippen LogP contribution is -2.23. The average Bonchev–Trinajstić information content (AvgIpc) is 2.81. The smallest absolute Gasteiger partial charge is 0.126 e. The molecule has 0 fully saturated rings. The van der Waals surface area contributed by atoms with E-state index in [0.717, 1.165) is 30.1 Å². The van der Waals surface area contributed by atoms with Gasteiger partial charge in [0.15, 0.2) is 0 Å². The molecule has 0 amide bonds. The maximum absolute atomic E-state index is 13.9. The fraction of sp³-hybridized carbons (Fsp3) is 0.400. The van der Waals surface area contributed by atoms with Gasteiger partial charge in [-0.2, -0.15) is 0 Å². The Labute approximate surface area is 117 Å². The molecule has 19 heavy (non-hydrogen) atoms. The molecule has 2 aromatic rings. The molecule has 0 aliphatic heterocycles. The number of aryl methyl sites for hydroxylation is 1. The predicted molar refractivity (Wildman–Crippen MR) is 78.2 cm³/mol. The maximum Gasteiger partial charge on any atom is 0.126 e. The zero-order valence-electron chi connectivity index (χ0n) is 11.3. The van der Waals surface area contributed by atoms with E-state index in [0.29, 0.717) is 0 Å². The molecule has 0 spiro atoms. The summed E-state index contributed by atoms with van der Waals surface area (Å²) < 4.78 is 13.9. The lowest BCUT2D eigenvalue weighted by Gasteiger charge is -2.17. The molecule has 2 nitrogen and oxygen atoms in total. The van der Waals surface area contributed by atoms with Crippen molar-refractivity contribution in [1.82, 2.24) is 10.3 Å². The van der Waals surface area contributed by atoms with Gasteiger partial charge in [0, 0.05) is 23.5 Å². The van der Waals surface area contributed by atoms with Crippen LogP contribution in [-0.2, 0) is 6.42 Å². The van der Waals surface area contributed by atoms with Crippen LogP contribution < -0.4 is 5.32 Å². The van der Waals surface area contributed by atoms with Gasteiger partial charge < -0.3 is 5.32 Å². The van der Waals surface area contributed by atoms with Gasteiger partial charge in [-0.25, -0.2) is 9.37 Å². The van der Waals surface area contributed by atoms with Crippen LogP contribution >= 0.6 is 11.3 Å². The van der Waals surface area contributed by atoms with Crippen LogP contribution in [0, 0.1) is 12.7 Å². The van der Waals surface area contributed by atoms with Crippen LogP contribution in [0.5, 0.6) is 0 Å². The Hall–Kier alpha value is -1.26. The van der Waals surface area contributed by atoms with Gasteiger partial charge in [-0.3, -0.25) is 0 Å². The Balaban J connectivity index is 2.18. The molecule has 1 N–H and O–H groups in total. The van der Waals surface area contributed by atoms with Gasteiger partial charge in [0.25, 0.3) is 0 Å². The molecule has 0 aliphatic carbocycles. The second-order valence-electron chi connectivity index (χ2n) is 4.58. The van der Waals surface area contributed by atoms with E-state index < -0.39 is 0 Å². The van der Waals surface area contributed by atoms with E-state index in [1.54, 1.807) is 17.4 Å². The Morgan fingerprint density at radius 1 is 1.37 bits per heavy atom. The Kier molecular flexibility index (Phi) is 5.05. The van der Waals surface area contributed by atoms with E-state index in [1.807, 2.05) is 25.3 Å². The molecule has 1 aromatic carbocycles. The monoisotopic (exact) mass is 278 g/mol. The minimum atomic E-state index is -0.119. The number of rotatable bonds is 6. The van der Waals surface area contributed by atoms with Crippen LogP contribution in [0.4, 0.5) is 4.39 Å². The normalized spacial score (nSPS) is 12.6. The van der Waals surface area contributed by atoms with Crippen molar-refractivity contribution in [2.24, 2.45) is 0 Å². The fourth-order valence-corrected chi connectivity index (χ4v) is 3.03.